The Bertz CT molecular complexity index is 724. The van der Waals surface area contributed by atoms with E-state index < -0.39 is 0 Å². The van der Waals surface area contributed by atoms with Crippen LogP contribution in [-0.2, 0) is 7.05 Å². The molecule has 1 heterocycles. The van der Waals surface area contributed by atoms with Gasteiger partial charge in [-0.3, -0.25) is 13.9 Å². The number of hydrogen-bond donors (Lipinski definition) is 0. The molecule has 0 aliphatic rings. The van der Waals surface area contributed by atoms with E-state index in [2.05, 4.69) is 20.8 Å². The van der Waals surface area contributed by atoms with Crippen molar-refractivity contribution >= 4 is 0 Å². The summed E-state index contributed by atoms with van der Waals surface area (Å²) in [7, 11) is 1.48. The average molecular weight is 258 g/mol. The van der Waals surface area contributed by atoms with Gasteiger partial charge in [0.2, 0.25) is 0 Å². The van der Waals surface area contributed by atoms with Crippen molar-refractivity contribution in [1.29, 1.82) is 0 Å². The van der Waals surface area contributed by atoms with Crippen LogP contribution >= 0.6 is 0 Å². The first-order valence-corrected chi connectivity index (χ1v) is 6.31. The summed E-state index contributed by atoms with van der Waals surface area (Å²) in [5, 5.41) is 0. The highest BCUT2D eigenvalue weighted by Crippen LogP contribution is 2.21. The molecule has 0 amide bonds. The van der Waals surface area contributed by atoms with Gasteiger partial charge in [-0.2, -0.15) is 0 Å². The molecular weight excluding hydrogens is 240 g/mol. The predicted octanol–water partition coefficient (Wildman–Crippen LogP) is 1.97. The van der Waals surface area contributed by atoms with E-state index in [1.54, 1.807) is 0 Å². The van der Waals surface area contributed by atoms with Gasteiger partial charge in [0, 0.05) is 19.3 Å². The molecule has 100 valence electrons. The van der Waals surface area contributed by atoms with Gasteiger partial charge in [-0.25, -0.2) is 4.79 Å². The number of aryl methyl sites for hydroxylation is 1. The minimum Gasteiger partial charge on any atom is -0.269 e. The molecule has 0 bridgehead atoms. The molecule has 0 fully saturated rings. The zero-order valence-electron chi connectivity index (χ0n) is 11.7. The monoisotopic (exact) mass is 258 g/mol. The van der Waals surface area contributed by atoms with Crippen LogP contribution in [0, 0.1) is 6.92 Å². The van der Waals surface area contributed by atoms with Crippen LogP contribution in [0.1, 0.15) is 30.9 Å². The maximum atomic E-state index is 12.1. The Hall–Kier alpha value is -2.10. The summed E-state index contributed by atoms with van der Waals surface area (Å²) in [6.45, 7) is 6.30. The second kappa shape index (κ2) is 4.88. The lowest BCUT2D eigenvalue weighted by molar-refractivity contribution is 0.727. The van der Waals surface area contributed by atoms with Gasteiger partial charge in [0.05, 0.1) is 5.69 Å². The molecule has 0 radical (unpaired) electrons. The highest BCUT2D eigenvalue weighted by Gasteiger charge is 2.08. The fourth-order valence-electron chi connectivity index (χ4n) is 2.17. The van der Waals surface area contributed by atoms with Gasteiger partial charge < -0.3 is 0 Å². The second-order valence-corrected chi connectivity index (χ2v) is 5.06. The SMILES string of the molecule is Cc1ccc(-n2ccc(=O)n(C)c2=O)cc1C(C)C. The van der Waals surface area contributed by atoms with Gasteiger partial charge in [-0.1, -0.05) is 19.9 Å². The van der Waals surface area contributed by atoms with Gasteiger partial charge in [0.15, 0.2) is 0 Å². The predicted molar refractivity (Wildman–Crippen MR) is 76.1 cm³/mol. The molecule has 0 atom stereocenters. The van der Waals surface area contributed by atoms with Crippen molar-refractivity contribution in [2.45, 2.75) is 26.7 Å². The fraction of sp³-hybridized carbons (Fsp3) is 0.333. The van der Waals surface area contributed by atoms with E-state index in [4.69, 9.17) is 0 Å². The van der Waals surface area contributed by atoms with Crippen LogP contribution in [0.15, 0.2) is 40.1 Å². The normalized spacial score (nSPS) is 11.0. The Labute approximate surface area is 111 Å². The van der Waals surface area contributed by atoms with Crippen molar-refractivity contribution in [3.05, 3.63) is 62.4 Å². The summed E-state index contributed by atoms with van der Waals surface area (Å²) in [6, 6.07) is 7.30. The first-order chi connectivity index (χ1) is 8.91. The molecule has 4 heteroatoms. The number of nitrogens with zero attached hydrogens (tertiary/aromatic N) is 2. The molecule has 4 nitrogen and oxygen atoms in total. The molecule has 0 N–H and O–H groups in total. The quantitative estimate of drug-likeness (QED) is 0.826. The van der Waals surface area contributed by atoms with Crippen LogP contribution in [-0.4, -0.2) is 9.13 Å². The fourth-order valence-corrected chi connectivity index (χ4v) is 2.17. The Morgan fingerprint density at radius 1 is 1.11 bits per heavy atom. The van der Waals surface area contributed by atoms with Crippen molar-refractivity contribution < 1.29 is 0 Å². The van der Waals surface area contributed by atoms with E-state index in [1.165, 1.54) is 35.0 Å². The number of hydrogen-bond acceptors (Lipinski definition) is 2. The molecule has 0 unspecified atom stereocenters. The van der Waals surface area contributed by atoms with Crippen LogP contribution < -0.4 is 11.2 Å². The Morgan fingerprint density at radius 3 is 2.42 bits per heavy atom. The van der Waals surface area contributed by atoms with Crippen LogP contribution in [0.3, 0.4) is 0 Å². The third-order valence-electron chi connectivity index (χ3n) is 3.35. The molecule has 1 aromatic heterocycles. The van der Waals surface area contributed by atoms with Crippen molar-refractivity contribution in [3.8, 4) is 5.69 Å². The summed E-state index contributed by atoms with van der Waals surface area (Å²) in [6.07, 6.45) is 1.53. The van der Waals surface area contributed by atoms with E-state index in [-0.39, 0.29) is 11.2 Å². The summed E-state index contributed by atoms with van der Waals surface area (Å²) in [5.41, 5.74) is 2.58. The second-order valence-electron chi connectivity index (χ2n) is 5.06. The molecule has 2 rings (SSSR count). The van der Waals surface area contributed by atoms with E-state index in [0.29, 0.717) is 5.92 Å². The van der Waals surface area contributed by atoms with Gasteiger partial charge in [0.1, 0.15) is 0 Å². The van der Waals surface area contributed by atoms with Gasteiger partial charge in [-0.15, -0.1) is 0 Å². The molecule has 0 saturated heterocycles. The van der Waals surface area contributed by atoms with Crippen molar-refractivity contribution in [1.82, 2.24) is 9.13 Å². The lowest BCUT2D eigenvalue weighted by Crippen LogP contribution is -2.36. The Kier molecular flexibility index (Phi) is 3.42. The zero-order chi connectivity index (χ0) is 14.2. The summed E-state index contributed by atoms with van der Waals surface area (Å²) in [4.78, 5) is 23.5. The largest absolute Gasteiger partial charge is 0.335 e. The van der Waals surface area contributed by atoms with Gasteiger partial charge in [-0.05, 0) is 36.1 Å². The lowest BCUT2D eigenvalue weighted by atomic mass is 9.97. The minimum absolute atomic E-state index is 0.294. The van der Waals surface area contributed by atoms with Crippen molar-refractivity contribution in [2.24, 2.45) is 7.05 Å². The van der Waals surface area contributed by atoms with Gasteiger partial charge >= 0.3 is 5.69 Å². The molecule has 0 aliphatic carbocycles. The molecule has 0 aliphatic heterocycles. The average Bonchev–Trinajstić information content (AvgIpc) is 2.37. The van der Waals surface area contributed by atoms with E-state index >= 15 is 0 Å². The molecule has 0 spiro atoms. The lowest BCUT2D eigenvalue weighted by Gasteiger charge is -2.13. The highest BCUT2D eigenvalue weighted by molar-refractivity contribution is 5.41. The standard InChI is InChI=1S/C15H18N2O2/c1-10(2)13-9-12(6-5-11(13)3)17-8-7-14(18)16(4)15(17)19/h5-10H,1-4H3. The van der Waals surface area contributed by atoms with Crippen molar-refractivity contribution in [2.75, 3.05) is 0 Å². The topological polar surface area (TPSA) is 44.0 Å². The van der Waals surface area contributed by atoms with Crippen LogP contribution in [0.4, 0.5) is 0 Å². The maximum Gasteiger partial charge on any atom is 0.335 e. The number of aromatic nitrogens is 2. The smallest absolute Gasteiger partial charge is 0.269 e. The summed E-state index contributed by atoms with van der Waals surface area (Å²) >= 11 is 0. The number of rotatable bonds is 2. The molecule has 1 aromatic carbocycles. The zero-order valence-corrected chi connectivity index (χ0v) is 11.7. The number of benzene rings is 1. The minimum atomic E-state index is -0.328. The van der Waals surface area contributed by atoms with E-state index in [9.17, 15) is 9.59 Å². The van der Waals surface area contributed by atoms with Crippen molar-refractivity contribution in [3.63, 3.8) is 0 Å². The molecule has 19 heavy (non-hydrogen) atoms. The van der Waals surface area contributed by atoms with Gasteiger partial charge in [0.25, 0.3) is 5.56 Å². The Morgan fingerprint density at radius 2 is 1.79 bits per heavy atom. The van der Waals surface area contributed by atoms with Crippen LogP contribution in [0.25, 0.3) is 5.69 Å². The third kappa shape index (κ3) is 2.38. The Balaban J connectivity index is 2.67. The molecule has 0 saturated carbocycles. The van der Waals surface area contributed by atoms with Crippen LogP contribution in [0.2, 0.25) is 0 Å². The summed E-state index contributed by atoms with van der Waals surface area (Å²) in [5.74, 6) is 0.392. The third-order valence-corrected chi connectivity index (χ3v) is 3.35. The first kappa shape index (κ1) is 13.3. The molecular formula is C15H18N2O2. The maximum absolute atomic E-state index is 12.1. The first-order valence-electron chi connectivity index (χ1n) is 6.31. The van der Waals surface area contributed by atoms with E-state index in [0.717, 1.165) is 10.3 Å². The highest BCUT2D eigenvalue weighted by atomic mass is 16.2. The summed E-state index contributed by atoms with van der Waals surface area (Å²) < 4.78 is 2.60. The molecule has 2 aromatic rings. The van der Waals surface area contributed by atoms with E-state index in [1.807, 2.05) is 18.2 Å². The van der Waals surface area contributed by atoms with Crippen LogP contribution in [0.5, 0.6) is 0 Å².